The molecule has 0 aromatic carbocycles. The molecule has 2 rings (SSSR count). The predicted octanol–water partition coefficient (Wildman–Crippen LogP) is 1.69. The molecule has 1 aromatic rings. The van der Waals surface area contributed by atoms with E-state index in [0.717, 1.165) is 18.0 Å². The number of nitrogens with zero attached hydrogens (tertiary/aromatic N) is 2. The molecule has 0 unspecified atom stereocenters. The maximum atomic E-state index is 5.06. The summed E-state index contributed by atoms with van der Waals surface area (Å²) in [5.74, 6) is 0.829. The van der Waals surface area contributed by atoms with Crippen LogP contribution in [0.5, 0.6) is 5.75 Å². The second kappa shape index (κ2) is 4.42. The summed E-state index contributed by atoms with van der Waals surface area (Å²) in [6.45, 7) is 3.41. The summed E-state index contributed by atoms with van der Waals surface area (Å²) in [7, 11) is 1.66. The van der Waals surface area contributed by atoms with Gasteiger partial charge in [-0.3, -0.25) is 9.88 Å². The zero-order chi connectivity index (χ0) is 9.80. The fourth-order valence-corrected chi connectivity index (χ4v) is 1.80. The Morgan fingerprint density at radius 1 is 1.36 bits per heavy atom. The van der Waals surface area contributed by atoms with Crippen molar-refractivity contribution in [1.29, 1.82) is 0 Å². The van der Waals surface area contributed by atoms with Crippen molar-refractivity contribution in [3.05, 3.63) is 24.0 Å². The van der Waals surface area contributed by atoms with Crippen LogP contribution < -0.4 is 4.74 Å². The summed E-state index contributed by atoms with van der Waals surface area (Å²) in [6.07, 6.45) is 4.44. The Bertz CT molecular complexity index is 278. The second-order valence-electron chi connectivity index (χ2n) is 3.67. The van der Waals surface area contributed by atoms with Gasteiger partial charge in [0.2, 0.25) is 0 Å². The lowest BCUT2D eigenvalue weighted by Crippen LogP contribution is -2.18. The summed E-state index contributed by atoms with van der Waals surface area (Å²) in [5.41, 5.74) is 1.13. The van der Waals surface area contributed by atoms with Gasteiger partial charge in [0.25, 0.3) is 0 Å². The molecule has 1 aliphatic heterocycles. The third-order valence-corrected chi connectivity index (χ3v) is 2.62. The summed E-state index contributed by atoms with van der Waals surface area (Å²) in [5, 5.41) is 0. The number of hydrogen-bond acceptors (Lipinski definition) is 3. The number of aromatic nitrogens is 1. The number of methoxy groups -OCH3 is 1. The fraction of sp³-hybridized carbons (Fsp3) is 0.545. The van der Waals surface area contributed by atoms with Crippen LogP contribution in [0.3, 0.4) is 0 Å². The van der Waals surface area contributed by atoms with Crippen LogP contribution >= 0.6 is 0 Å². The Balaban J connectivity index is 1.95. The quantitative estimate of drug-likeness (QED) is 0.728. The van der Waals surface area contributed by atoms with E-state index in [-0.39, 0.29) is 0 Å². The molecule has 1 aromatic heterocycles. The maximum absolute atomic E-state index is 5.06. The molecule has 2 heterocycles. The van der Waals surface area contributed by atoms with E-state index in [2.05, 4.69) is 9.88 Å². The highest BCUT2D eigenvalue weighted by Gasteiger charge is 2.11. The lowest BCUT2D eigenvalue weighted by atomic mass is 10.3. The highest BCUT2D eigenvalue weighted by Crippen LogP contribution is 2.13. The third kappa shape index (κ3) is 2.23. The van der Waals surface area contributed by atoms with Crippen LogP contribution in [0.25, 0.3) is 0 Å². The van der Waals surface area contributed by atoms with Crippen LogP contribution in [0.4, 0.5) is 0 Å². The molecule has 0 N–H and O–H groups in total. The largest absolute Gasteiger partial charge is 0.495 e. The number of hydrogen-bond donors (Lipinski definition) is 0. The Hall–Kier alpha value is -1.09. The molecule has 1 aliphatic rings. The van der Waals surface area contributed by atoms with Crippen LogP contribution in [0.2, 0.25) is 0 Å². The molecule has 0 saturated carbocycles. The molecule has 0 amide bonds. The summed E-state index contributed by atoms with van der Waals surface area (Å²) in [6, 6.07) is 4.01. The Kier molecular flexibility index (Phi) is 2.99. The van der Waals surface area contributed by atoms with Gasteiger partial charge in [-0.05, 0) is 38.1 Å². The van der Waals surface area contributed by atoms with Crippen LogP contribution in [-0.2, 0) is 6.54 Å². The van der Waals surface area contributed by atoms with E-state index in [0.29, 0.717) is 0 Å². The van der Waals surface area contributed by atoms with E-state index in [4.69, 9.17) is 4.74 Å². The predicted molar refractivity (Wildman–Crippen MR) is 55.3 cm³/mol. The number of ether oxygens (including phenoxy) is 1. The topological polar surface area (TPSA) is 25.4 Å². The van der Waals surface area contributed by atoms with Gasteiger partial charge in [0.05, 0.1) is 19.0 Å². The number of pyridine rings is 1. The average molecular weight is 192 g/mol. The van der Waals surface area contributed by atoms with E-state index in [9.17, 15) is 0 Å². The molecule has 3 nitrogen and oxygen atoms in total. The summed E-state index contributed by atoms with van der Waals surface area (Å²) in [4.78, 5) is 6.79. The molecular formula is C11H16N2O. The molecule has 1 fully saturated rings. The highest BCUT2D eigenvalue weighted by molar-refractivity contribution is 5.19. The molecule has 0 radical (unpaired) electrons. The van der Waals surface area contributed by atoms with Crippen LogP contribution in [0, 0.1) is 0 Å². The molecule has 3 heteroatoms. The monoisotopic (exact) mass is 192 g/mol. The van der Waals surface area contributed by atoms with E-state index < -0.39 is 0 Å². The molecule has 0 spiro atoms. The van der Waals surface area contributed by atoms with E-state index in [1.165, 1.54) is 25.9 Å². The van der Waals surface area contributed by atoms with Gasteiger partial charge >= 0.3 is 0 Å². The smallest absolute Gasteiger partial charge is 0.137 e. The van der Waals surface area contributed by atoms with Crippen molar-refractivity contribution in [2.24, 2.45) is 0 Å². The van der Waals surface area contributed by atoms with Crippen molar-refractivity contribution < 1.29 is 4.74 Å². The van der Waals surface area contributed by atoms with E-state index in [1.54, 1.807) is 13.3 Å². The van der Waals surface area contributed by atoms with Crippen molar-refractivity contribution in [2.45, 2.75) is 19.4 Å². The van der Waals surface area contributed by atoms with Gasteiger partial charge < -0.3 is 4.74 Å². The summed E-state index contributed by atoms with van der Waals surface area (Å²) >= 11 is 0. The van der Waals surface area contributed by atoms with Gasteiger partial charge in [0.15, 0.2) is 0 Å². The minimum Gasteiger partial charge on any atom is -0.495 e. The number of rotatable bonds is 3. The van der Waals surface area contributed by atoms with Crippen LogP contribution in [0.1, 0.15) is 18.5 Å². The van der Waals surface area contributed by atoms with Crippen LogP contribution in [-0.4, -0.2) is 30.1 Å². The van der Waals surface area contributed by atoms with Gasteiger partial charge in [0.1, 0.15) is 5.75 Å². The minimum absolute atomic E-state index is 0.829. The third-order valence-electron chi connectivity index (χ3n) is 2.62. The highest BCUT2D eigenvalue weighted by atomic mass is 16.5. The SMILES string of the molecule is COc1ccc(CN2CCCC2)nc1. The van der Waals surface area contributed by atoms with Gasteiger partial charge in [-0.25, -0.2) is 0 Å². The first kappa shape index (κ1) is 9.46. The molecule has 1 saturated heterocycles. The van der Waals surface area contributed by atoms with Crippen molar-refractivity contribution in [3.8, 4) is 5.75 Å². The fourth-order valence-electron chi connectivity index (χ4n) is 1.80. The standard InChI is InChI=1S/C11H16N2O/c1-14-11-5-4-10(12-8-11)9-13-6-2-3-7-13/h4-5,8H,2-3,6-7,9H2,1H3. The zero-order valence-electron chi connectivity index (χ0n) is 8.57. The second-order valence-corrected chi connectivity index (χ2v) is 3.67. The lowest BCUT2D eigenvalue weighted by Gasteiger charge is -2.13. The lowest BCUT2D eigenvalue weighted by molar-refractivity contribution is 0.326. The van der Waals surface area contributed by atoms with Crippen molar-refractivity contribution >= 4 is 0 Å². The Morgan fingerprint density at radius 2 is 2.14 bits per heavy atom. The number of likely N-dealkylation sites (tertiary alicyclic amines) is 1. The zero-order valence-corrected chi connectivity index (χ0v) is 8.57. The first-order valence-electron chi connectivity index (χ1n) is 5.10. The molecule has 14 heavy (non-hydrogen) atoms. The Labute approximate surface area is 84.7 Å². The first-order chi connectivity index (χ1) is 6.88. The van der Waals surface area contributed by atoms with Crippen molar-refractivity contribution in [2.75, 3.05) is 20.2 Å². The van der Waals surface area contributed by atoms with Crippen LogP contribution in [0.15, 0.2) is 18.3 Å². The van der Waals surface area contributed by atoms with Crippen molar-refractivity contribution in [1.82, 2.24) is 9.88 Å². The van der Waals surface area contributed by atoms with Gasteiger partial charge in [-0.15, -0.1) is 0 Å². The molecule has 0 bridgehead atoms. The molecule has 0 aliphatic carbocycles. The normalized spacial score (nSPS) is 17.2. The molecule has 0 atom stereocenters. The maximum Gasteiger partial charge on any atom is 0.137 e. The Morgan fingerprint density at radius 3 is 2.71 bits per heavy atom. The van der Waals surface area contributed by atoms with Gasteiger partial charge in [-0.1, -0.05) is 0 Å². The first-order valence-corrected chi connectivity index (χ1v) is 5.10. The van der Waals surface area contributed by atoms with E-state index in [1.807, 2.05) is 12.1 Å². The summed E-state index contributed by atoms with van der Waals surface area (Å²) < 4.78 is 5.06. The van der Waals surface area contributed by atoms with E-state index >= 15 is 0 Å². The van der Waals surface area contributed by atoms with Crippen molar-refractivity contribution in [3.63, 3.8) is 0 Å². The minimum atomic E-state index is 0.829. The molecular weight excluding hydrogens is 176 g/mol. The molecule has 76 valence electrons. The van der Waals surface area contributed by atoms with Gasteiger partial charge in [0, 0.05) is 6.54 Å². The van der Waals surface area contributed by atoms with Gasteiger partial charge in [-0.2, -0.15) is 0 Å². The average Bonchev–Trinajstić information content (AvgIpc) is 2.72.